The summed E-state index contributed by atoms with van der Waals surface area (Å²) in [5, 5.41) is 3.93. The van der Waals surface area contributed by atoms with E-state index in [4.69, 9.17) is 21.1 Å². The first-order chi connectivity index (χ1) is 12.8. The summed E-state index contributed by atoms with van der Waals surface area (Å²) in [6.07, 6.45) is -0.0602. The van der Waals surface area contributed by atoms with Crippen LogP contribution >= 0.6 is 22.9 Å². The third kappa shape index (κ3) is 5.02. The van der Waals surface area contributed by atoms with Gasteiger partial charge in [0.15, 0.2) is 6.10 Å². The highest BCUT2D eigenvalue weighted by molar-refractivity contribution is 7.16. The van der Waals surface area contributed by atoms with Gasteiger partial charge in [-0.05, 0) is 63.4 Å². The minimum absolute atomic E-state index is 0.277. The van der Waals surface area contributed by atoms with Gasteiger partial charge in [-0.3, -0.25) is 4.79 Å². The average molecular weight is 410 g/mol. The first kappa shape index (κ1) is 21.3. The summed E-state index contributed by atoms with van der Waals surface area (Å²) in [5.74, 6) is -0.167. The van der Waals surface area contributed by atoms with Gasteiger partial charge in [0.25, 0.3) is 5.91 Å². The lowest BCUT2D eigenvalue weighted by Gasteiger charge is -2.16. The Bertz CT molecular complexity index is 847. The zero-order valence-electron chi connectivity index (χ0n) is 16.1. The number of aryl methyl sites for hydroxylation is 2. The van der Waals surface area contributed by atoms with Crippen molar-refractivity contribution < 1.29 is 19.1 Å². The molecule has 0 fully saturated rings. The normalized spacial score (nSPS) is 11.8. The van der Waals surface area contributed by atoms with E-state index in [2.05, 4.69) is 5.32 Å². The highest BCUT2D eigenvalue weighted by atomic mass is 35.5. The van der Waals surface area contributed by atoms with E-state index in [0.717, 1.165) is 16.0 Å². The molecule has 1 aromatic carbocycles. The van der Waals surface area contributed by atoms with Crippen molar-refractivity contribution in [2.24, 2.45) is 0 Å². The molecule has 0 radical (unpaired) electrons. The predicted octanol–water partition coefficient (Wildman–Crippen LogP) is 5.16. The highest BCUT2D eigenvalue weighted by Gasteiger charge is 2.25. The van der Waals surface area contributed by atoms with E-state index in [0.29, 0.717) is 27.8 Å². The van der Waals surface area contributed by atoms with Crippen LogP contribution in [0.15, 0.2) is 18.2 Å². The van der Waals surface area contributed by atoms with Crippen molar-refractivity contribution in [3.8, 4) is 5.75 Å². The summed E-state index contributed by atoms with van der Waals surface area (Å²) in [6, 6.07) is 5.22. The molecule has 2 aromatic rings. The number of anilines is 1. The molecule has 0 bridgehead atoms. The SMILES string of the molecule is CCOC(=O)c1c(NC(=O)[C@H](C)Oc2ccc(Cl)cc2C)sc(C)c1CC. The molecule has 1 amide bonds. The molecule has 1 heterocycles. The van der Waals surface area contributed by atoms with Crippen molar-refractivity contribution in [2.45, 2.75) is 47.1 Å². The highest BCUT2D eigenvalue weighted by Crippen LogP contribution is 2.34. The van der Waals surface area contributed by atoms with Crippen LogP contribution in [-0.2, 0) is 16.0 Å². The molecule has 0 aliphatic rings. The van der Waals surface area contributed by atoms with Gasteiger partial charge in [0, 0.05) is 9.90 Å². The van der Waals surface area contributed by atoms with Crippen molar-refractivity contribution >= 4 is 39.8 Å². The van der Waals surface area contributed by atoms with E-state index < -0.39 is 12.1 Å². The van der Waals surface area contributed by atoms with Crippen LogP contribution in [0.4, 0.5) is 5.00 Å². The van der Waals surface area contributed by atoms with Gasteiger partial charge >= 0.3 is 5.97 Å². The zero-order valence-corrected chi connectivity index (χ0v) is 17.7. The molecule has 0 saturated carbocycles. The van der Waals surface area contributed by atoms with Crippen molar-refractivity contribution in [3.63, 3.8) is 0 Å². The van der Waals surface area contributed by atoms with E-state index in [9.17, 15) is 9.59 Å². The van der Waals surface area contributed by atoms with Crippen LogP contribution in [-0.4, -0.2) is 24.6 Å². The van der Waals surface area contributed by atoms with Gasteiger partial charge in [0.1, 0.15) is 10.8 Å². The molecule has 1 N–H and O–H groups in total. The number of esters is 1. The van der Waals surface area contributed by atoms with E-state index in [-0.39, 0.29) is 12.5 Å². The number of carbonyl (C=O) groups is 2. The maximum Gasteiger partial charge on any atom is 0.341 e. The number of hydrogen-bond acceptors (Lipinski definition) is 5. The summed E-state index contributed by atoms with van der Waals surface area (Å²) in [5.41, 5.74) is 2.18. The van der Waals surface area contributed by atoms with Crippen molar-refractivity contribution in [2.75, 3.05) is 11.9 Å². The van der Waals surface area contributed by atoms with E-state index >= 15 is 0 Å². The Balaban J connectivity index is 2.20. The summed E-state index contributed by atoms with van der Waals surface area (Å²) in [6.45, 7) is 9.46. The Labute approximate surface area is 168 Å². The van der Waals surface area contributed by atoms with E-state index in [1.165, 1.54) is 11.3 Å². The van der Waals surface area contributed by atoms with Crippen LogP contribution in [0, 0.1) is 13.8 Å². The Morgan fingerprint density at radius 2 is 1.96 bits per heavy atom. The minimum Gasteiger partial charge on any atom is -0.481 e. The van der Waals surface area contributed by atoms with Gasteiger partial charge < -0.3 is 14.8 Å². The second-order valence-corrected chi connectivity index (χ2v) is 7.74. The van der Waals surface area contributed by atoms with Crippen LogP contribution in [0.3, 0.4) is 0 Å². The van der Waals surface area contributed by atoms with Gasteiger partial charge in [-0.25, -0.2) is 4.79 Å². The third-order valence-corrected chi connectivity index (χ3v) is 5.39. The molecule has 0 aliphatic heterocycles. The third-order valence-electron chi connectivity index (χ3n) is 4.09. The van der Waals surface area contributed by atoms with Crippen LogP contribution in [0.1, 0.15) is 47.1 Å². The van der Waals surface area contributed by atoms with Gasteiger partial charge in [-0.15, -0.1) is 11.3 Å². The number of carbonyl (C=O) groups excluding carboxylic acids is 2. The number of nitrogens with one attached hydrogen (secondary N) is 1. The largest absolute Gasteiger partial charge is 0.481 e. The lowest BCUT2D eigenvalue weighted by Crippen LogP contribution is -2.30. The molecule has 27 heavy (non-hydrogen) atoms. The standard InChI is InChI=1S/C20H24ClNO4S/c1-6-15-13(5)27-19(17(15)20(24)25-7-2)22-18(23)12(4)26-16-9-8-14(21)10-11(16)3/h8-10,12H,6-7H2,1-5H3,(H,22,23)/t12-/m0/s1. The predicted molar refractivity (Wildman–Crippen MR) is 109 cm³/mol. The van der Waals surface area contributed by atoms with Gasteiger partial charge in [0.2, 0.25) is 0 Å². The Hall–Kier alpha value is -2.05. The lowest BCUT2D eigenvalue weighted by molar-refractivity contribution is -0.122. The Morgan fingerprint density at radius 1 is 1.26 bits per heavy atom. The fraction of sp³-hybridized carbons (Fsp3) is 0.400. The fourth-order valence-electron chi connectivity index (χ4n) is 2.71. The van der Waals surface area contributed by atoms with Crippen LogP contribution in [0.2, 0.25) is 5.02 Å². The number of ether oxygens (including phenoxy) is 2. The summed E-state index contributed by atoms with van der Waals surface area (Å²) in [4.78, 5) is 26.0. The minimum atomic E-state index is -0.743. The molecule has 1 atom stereocenters. The maximum absolute atomic E-state index is 12.6. The second-order valence-electron chi connectivity index (χ2n) is 6.07. The average Bonchev–Trinajstić information content (AvgIpc) is 2.92. The fourth-order valence-corrected chi connectivity index (χ4v) is 4.08. The molecule has 146 valence electrons. The van der Waals surface area contributed by atoms with Gasteiger partial charge in [-0.2, -0.15) is 0 Å². The molecule has 7 heteroatoms. The van der Waals surface area contributed by atoms with Gasteiger partial charge in [0.05, 0.1) is 12.2 Å². The summed E-state index contributed by atoms with van der Waals surface area (Å²) >= 11 is 7.32. The number of thiophene rings is 1. The van der Waals surface area contributed by atoms with Crippen molar-refractivity contribution in [3.05, 3.63) is 44.8 Å². The molecule has 0 aliphatic carbocycles. The molecule has 5 nitrogen and oxygen atoms in total. The number of halogens is 1. The summed E-state index contributed by atoms with van der Waals surface area (Å²) in [7, 11) is 0. The van der Waals surface area contributed by atoms with E-state index in [1.807, 2.05) is 20.8 Å². The Kier molecular flexibility index (Phi) is 7.27. The topological polar surface area (TPSA) is 64.6 Å². The maximum atomic E-state index is 12.6. The molecule has 2 rings (SSSR count). The monoisotopic (exact) mass is 409 g/mol. The number of hydrogen-bond donors (Lipinski definition) is 1. The first-order valence-electron chi connectivity index (χ1n) is 8.81. The van der Waals surface area contributed by atoms with Crippen LogP contribution in [0.25, 0.3) is 0 Å². The molecule has 1 aromatic heterocycles. The van der Waals surface area contributed by atoms with Crippen molar-refractivity contribution in [1.29, 1.82) is 0 Å². The Morgan fingerprint density at radius 3 is 2.56 bits per heavy atom. The quantitative estimate of drug-likeness (QED) is 0.641. The molecule has 0 unspecified atom stereocenters. The van der Waals surface area contributed by atoms with Crippen LogP contribution < -0.4 is 10.1 Å². The first-order valence-corrected chi connectivity index (χ1v) is 10.0. The molecular formula is C20H24ClNO4S. The lowest BCUT2D eigenvalue weighted by atomic mass is 10.1. The van der Waals surface area contributed by atoms with E-state index in [1.54, 1.807) is 32.0 Å². The number of amides is 1. The van der Waals surface area contributed by atoms with Gasteiger partial charge in [-0.1, -0.05) is 18.5 Å². The number of benzene rings is 1. The molecular weight excluding hydrogens is 386 g/mol. The smallest absolute Gasteiger partial charge is 0.341 e. The number of rotatable bonds is 7. The molecule has 0 spiro atoms. The van der Waals surface area contributed by atoms with Crippen molar-refractivity contribution in [1.82, 2.24) is 0 Å². The molecule has 0 saturated heterocycles. The second kappa shape index (κ2) is 9.24. The summed E-state index contributed by atoms with van der Waals surface area (Å²) < 4.78 is 10.9. The zero-order chi connectivity index (χ0) is 20.1. The van der Waals surface area contributed by atoms with Crippen LogP contribution in [0.5, 0.6) is 5.75 Å².